The van der Waals surface area contributed by atoms with Crippen LogP contribution in [-0.4, -0.2) is 36.1 Å². The summed E-state index contributed by atoms with van der Waals surface area (Å²) in [6.07, 6.45) is 8.58. The normalized spacial score (nSPS) is 18.1. The molecule has 0 saturated heterocycles. The molecule has 1 fully saturated rings. The number of aromatic nitrogens is 5. The molecule has 0 radical (unpaired) electrons. The van der Waals surface area contributed by atoms with Crippen LogP contribution in [-0.2, 0) is 0 Å². The summed E-state index contributed by atoms with van der Waals surface area (Å²) >= 11 is 1.17. The number of hydrogen-bond donors (Lipinski definition) is 1. The van der Waals surface area contributed by atoms with E-state index < -0.39 is 5.82 Å². The molecule has 31 heavy (non-hydrogen) atoms. The summed E-state index contributed by atoms with van der Waals surface area (Å²) in [7, 11) is 0. The summed E-state index contributed by atoms with van der Waals surface area (Å²) in [6, 6.07) is 7.29. The molecule has 0 atom stereocenters. The minimum Gasteiger partial charge on any atom is -0.396 e. The Morgan fingerprint density at radius 3 is 2.90 bits per heavy atom. The van der Waals surface area contributed by atoms with Crippen LogP contribution in [0, 0.1) is 30.0 Å². The second-order valence-corrected chi connectivity index (χ2v) is 8.74. The first-order chi connectivity index (χ1) is 15.1. The molecule has 4 heterocycles. The van der Waals surface area contributed by atoms with Crippen LogP contribution in [0.3, 0.4) is 0 Å². The highest BCUT2D eigenvalue weighted by Crippen LogP contribution is 2.40. The SMILES string of the molecule is Cc1c(-c2cc(Sc3ncccc3F)c3c(C#N)cnn3c2)cnn1[C@H]1C[C@H](CO)C1. The highest BCUT2D eigenvalue weighted by atomic mass is 32.2. The van der Waals surface area contributed by atoms with Crippen LogP contribution < -0.4 is 0 Å². The molecule has 156 valence electrons. The van der Waals surface area contributed by atoms with E-state index in [1.165, 1.54) is 24.0 Å². The third kappa shape index (κ3) is 3.38. The van der Waals surface area contributed by atoms with Gasteiger partial charge in [0.05, 0.1) is 29.5 Å². The smallest absolute Gasteiger partial charge is 0.155 e. The van der Waals surface area contributed by atoms with Crippen LogP contribution >= 0.6 is 11.8 Å². The van der Waals surface area contributed by atoms with Gasteiger partial charge < -0.3 is 5.11 Å². The predicted octanol–water partition coefficient (Wildman–Crippen LogP) is 4.01. The lowest BCUT2D eigenvalue weighted by Crippen LogP contribution is -2.30. The predicted molar refractivity (Wildman–Crippen MR) is 113 cm³/mol. The van der Waals surface area contributed by atoms with Crippen molar-refractivity contribution in [2.24, 2.45) is 5.92 Å². The summed E-state index contributed by atoms with van der Waals surface area (Å²) < 4.78 is 17.9. The molecule has 4 aromatic rings. The van der Waals surface area contributed by atoms with Gasteiger partial charge in [0.2, 0.25) is 0 Å². The lowest BCUT2D eigenvalue weighted by molar-refractivity contribution is 0.104. The standard InChI is InChI=1S/C22H19FN6OS/c1-13-18(10-27-29(13)17-5-14(6-17)12-30)15-7-20(31-22-19(23)3-2-4-25-22)21-16(8-24)9-26-28(21)11-15/h2-4,7,9-11,14,17,30H,5-6,12H2,1H3/t14-,17-. The van der Waals surface area contributed by atoms with Gasteiger partial charge in [0.25, 0.3) is 0 Å². The van der Waals surface area contributed by atoms with E-state index in [2.05, 4.69) is 21.3 Å². The van der Waals surface area contributed by atoms with Gasteiger partial charge in [-0.3, -0.25) is 4.68 Å². The van der Waals surface area contributed by atoms with Gasteiger partial charge in [0, 0.05) is 40.7 Å². The summed E-state index contributed by atoms with van der Waals surface area (Å²) in [4.78, 5) is 4.83. The van der Waals surface area contributed by atoms with E-state index in [4.69, 9.17) is 0 Å². The molecule has 0 spiro atoms. The number of nitrogens with zero attached hydrogens (tertiary/aromatic N) is 6. The Labute approximate surface area is 182 Å². The number of aliphatic hydroxyl groups is 1. The first-order valence-electron chi connectivity index (χ1n) is 9.94. The number of halogens is 1. The number of pyridine rings is 2. The van der Waals surface area contributed by atoms with Crippen LogP contribution in [0.25, 0.3) is 16.6 Å². The number of nitriles is 1. The Morgan fingerprint density at radius 2 is 2.16 bits per heavy atom. The van der Waals surface area contributed by atoms with E-state index in [1.54, 1.807) is 16.8 Å². The molecule has 1 saturated carbocycles. The fourth-order valence-corrected chi connectivity index (χ4v) is 5.04. The topological polar surface area (TPSA) is 92.0 Å². The minimum atomic E-state index is -0.415. The van der Waals surface area contributed by atoms with E-state index in [0.717, 1.165) is 29.7 Å². The fraction of sp³-hybridized carbons (Fsp3) is 0.273. The summed E-state index contributed by atoms with van der Waals surface area (Å²) in [5, 5.41) is 28.0. The van der Waals surface area contributed by atoms with Crippen LogP contribution in [0.4, 0.5) is 4.39 Å². The maximum Gasteiger partial charge on any atom is 0.155 e. The molecule has 0 aromatic carbocycles. The summed E-state index contributed by atoms with van der Waals surface area (Å²) in [6.45, 7) is 2.24. The first kappa shape index (κ1) is 19.7. The molecule has 0 unspecified atom stereocenters. The van der Waals surface area contributed by atoms with E-state index in [9.17, 15) is 14.8 Å². The number of hydrogen-bond acceptors (Lipinski definition) is 6. The van der Waals surface area contributed by atoms with Gasteiger partial charge in [-0.05, 0) is 43.9 Å². The number of aliphatic hydroxyl groups excluding tert-OH is 1. The quantitative estimate of drug-likeness (QED) is 0.510. The van der Waals surface area contributed by atoms with Gasteiger partial charge in [0.15, 0.2) is 5.82 Å². The van der Waals surface area contributed by atoms with Crippen LogP contribution in [0.15, 0.2) is 52.9 Å². The maximum absolute atomic E-state index is 14.3. The van der Waals surface area contributed by atoms with Crippen LogP contribution in [0.1, 0.15) is 30.1 Å². The molecular weight excluding hydrogens is 415 g/mol. The second kappa shape index (κ2) is 7.80. The average molecular weight is 435 g/mol. The molecule has 9 heteroatoms. The Bertz CT molecular complexity index is 1320. The maximum atomic E-state index is 14.3. The van der Waals surface area contributed by atoms with Gasteiger partial charge in [-0.2, -0.15) is 15.5 Å². The van der Waals surface area contributed by atoms with Gasteiger partial charge in [-0.15, -0.1) is 0 Å². The molecule has 1 aliphatic carbocycles. The van der Waals surface area contributed by atoms with E-state index in [0.29, 0.717) is 27.9 Å². The molecular formula is C22H19FN6OS. The zero-order valence-corrected chi connectivity index (χ0v) is 17.6. The monoisotopic (exact) mass is 434 g/mol. The fourth-order valence-electron chi connectivity index (χ4n) is 4.07. The Hall–Kier alpha value is -3.22. The van der Waals surface area contributed by atoms with E-state index >= 15 is 0 Å². The number of fused-ring (bicyclic) bond motifs is 1. The van der Waals surface area contributed by atoms with Gasteiger partial charge in [0.1, 0.15) is 11.1 Å². The molecule has 7 nitrogen and oxygen atoms in total. The highest BCUT2D eigenvalue weighted by molar-refractivity contribution is 7.99. The molecule has 0 bridgehead atoms. The minimum absolute atomic E-state index is 0.214. The number of rotatable bonds is 5. The van der Waals surface area contributed by atoms with E-state index in [-0.39, 0.29) is 11.6 Å². The van der Waals surface area contributed by atoms with Crippen molar-refractivity contribution in [3.05, 3.63) is 60.1 Å². The summed E-state index contributed by atoms with van der Waals surface area (Å²) in [5.41, 5.74) is 3.89. The molecule has 5 rings (SSSR count). The Morgan fingerprint density at radius 1 is 1.32 bits per heavy atom. The third-order valence-electron chi connectivity index (χ3n) is 5.80. The second-order valence-electron chi connectivity index (χ2n) is 7.71. The van der Waals surface area contributed by atoms with Gasteiger partial charge >= 0.3 is 0 Å². The van der Waals surface area contributed by atoms with Crippen molar-refractivity contribution >= 4 is 17.3 Å². The van der Waals surface area contributed by atoms with Crippen molar-refractivity contribution in [1.29, 1.82) is 5.26 Å². The largest absolute Gasteiger partial charge is 0.396 e. The average Bonchev–Trinajstić information content (AvgIpc) is 3.33. The van der Waals surface area contributed by atoms with E-state index in [1.807, 2.05) is 30.1 Å². The zero-order chi connectivity index (χ0) is 21.5. The molecule has 1 aliphatic rings. The first-order valence-corrected chi connectivity index (χ1v) is 10.8. The molecule has 1 N–H and O–H groups in total. The summed E-state index contributed by atoms with van der Waals surface area (Å²) in [5.74, 6) is -0.0698. The molecule has 0 aliphatic heterocycles. The lowest BCUT2D eigenvalue weighted by Gasteiger charge is -2.34. The van der Waals surface area contributed by atoms with Crippen molar-refractivity contribution in [3.8, 4) is 17.2 Å². The Kier molecular flexibility index (Phi) is 4.96. The highest BCUT2D eigenvalue weighted by Gasteiger charge is 2.31. The van der Waals surface area contributed by atoms with Crippen LogP contribution in [0.2, 0.25) is 0 Å². The van der Waals surface area contributed by atoms with Crippen molar-refractivity contribution in [3.63, 3.8) is 0 Å². The third-order valence-corrected chi connectivity index (χ3v) is 6.82. The van der Waals surface area contributed by atoms with Crippen molar-refractivity contribution in [2.45, 2.75) is 35.7 Å². The van der Waals surface area contributed by atoms with Gasteiger partial charge in [-0.25, -0.2) is 13.9 Å². The van der Waals surface area contributed by atoms with Crippen molar-refractivity contribution < 1.29 is 9.50 Å². The molecule has 4 aromatic heterocycles. The van der Waals surface area contributed by atoms with Crippen LogP contribution in [0.5, 0.6) is 0 Å². The Balaban J connectivity index is 1.59. The van der Waals surface area contributed by atoms with Gasteiger partial charge in [-0.1, -0.05) is 11.8 Å². The molecule has 0 amide bonds. The van der Waals surface area contributed by atoms with Crippen molar-refractivity contribution in [2.75, 3.05) is 6.61 Å². The van der Waals surface area contributed by atoms with Crippen molar-refractivity contribution in [1.82, 2.24) is 24.4 Å². The lowest BCUT2D eigenvalue weighted by atomic mass is 9.81. The zero-order valence-electron chi connectivity index (χ0n) is 16.7.